The van der Waals surface area contributed by atoms with Gasteiger partial charge in [-0.15, -0.1) is 0 Å². The molecule has 28 heavy (non-hydrogen) atoms. The summed E-state index contributed by atoms with van der Waals surface area (Å²) >= 11 is 0. The number of rotatable bonds is 0. The highest BCUT2D eigenvalue weighted by atomic mass is 14.3. The SMILES string of the molecule is C.C.Cc1c(C)c(C)c(C(C)(C)C)c(C)c1C.Cc1ccc(C(C)(C)C)cc1. The van der Waals surface area contributed by atoms with Crippen molar-refractivity contribution in [3.63, 3.8) is 0 Å². The van der Waals surface area contributed by atoms with Crippen LogP contribution in [-0.4, -0.2) is 0 Å². The van der Waals surface area contributed by atoms with Crippen LogP contribution in [0.2, 0.25) is 0 Å². The molecule has 0 aliphatic carbocycles. The minimum atomic E-state index is 0. The first-order valence-corrected chi connectivity index (χ1v) is 9.82. The predicted octanol–water partition coefficient (Wildman–Crippen LogP) is 9.09. The first-order chi connectivity index (χ1) is 11.7. The molecule has 2 aromatic carbocycles. The molecule has 0 atom stereocenters. The Bertz CT molecular complexity index is 716. The van der Waals surface area contributed by atoms with Gasteiger partial charge in [-0.1, -0.05) is 86.2 Å². The molecule has 0 aliphatic heterocycles. The van der Waals surface area contributed by atoms with E-state index in [1.165, 1.54) is 44.5 Å². The Kier molecular flexibility index (Phi) is 10.5. The van der Waals surface area contributed by atoms with Crippen LogP contribution in [-0.2, 0) is 10.8 Å². The van der Waals surface area contributed by atoms with Crippen molar-refractivity contribution in [1.29, 1.82) is 0 Å². The van der Waals surface area contributed by atoms with Crippen LogP contribution in [0.15, 0.2) is 24.3 Å². The lowest BCUT2D eigenvalue weighted by molar-refractivity contribution is 0.580. The predicted molar refractivity (Wildman–Crippen MR) is 132 cm³/mol. The maximum Gasteiger partial charge on any atom is -0.0126 e. The molecule has 0 aromatic heterocycles. The van der Waals surface area contributed by atoms with E-state index >= 15 is 0 Å². The molecule has 0 bridgehead atoms. The first-order valence-electron chi connectivity index (χ1n) is 9.82. The molecule has 0 fully saturated rings. The largest absolute Gasteiger partial charge is 0.0776 e. The summed E-state index contributed by atoms with van der Waals surface area (Å²) in [4.78, 5) is 0. The summed E-state index contributed by atoms with van der Waals surface area (Å²) in [5, 5.41) is 0. The Morgan fingerprint density at radius 3 is 1.07 bits per heavy atom. The van der Waals surface area contributed by atoms with Gasteiger partial charge in [0, 0.05) is 0 Å². The second-order valence-corrected chi connectivity index (χ2v) is 9.87. The zero-order valence-electron chi connectivity index (χ0n) is 19.3. The Morgan fingerprint density at radius 2 is 0.786 bits per heavy atom. The highest BCUT2D eigenvalue weighted by molar-refractivity contribution is 5.51. The maximum absolute atomic E-state index is 2.30. The molecule has 0 saturated carbocycles. The van der Waals surface area contributed by atoms with Crippen molar-refractivity contribution in [2.75, 3.05) is 0 Å². The molecule has 2 rings (SSSR count). The van der Waals surface area contributed by atoms with Gasteiger partial charge in [0.15, 0.2) is 0 Å². The molecule has 2 aromatic rings. The summed E-state index contributed by atoms with van der Waals surface area (Å²) in [6, 6.07) is 8.74. The van der Waals surface area contributed by atoms with Gasteiger partial charge >= 0.3 is 0 Å². The maximum atomic E-state index is 2.30. The zero-order chi connectivity index (χ0) is 20.4. The summed E-state index contributed by atoms with van der Waals surface area (Å²) in [6.07, 6.45) is 0. The van der Waals surface area contributed by atoms with Crippen molar-refractivity contribution in [2.24, 2.45) is 0 Å². The van der Waals surface area contributed by atoms with E-state index in [0.29, 0.717) is 0 Å². The standard InChI is InChI=1S/C15H24.C11H16.2CH4/c1-9-10(2)12(4)14(15(6,7)8)13(5)11(9)3;1-9-5-7-10(8-6-9)11(2,3)4;;/h1-8H3;5-8H,1-4H3;2*1H4. The molecule has 0 unspecified atom stereocenters. The lowest BCUT2D eigenvalue weighted by Gasteiger charge is -2.28. The molecule has 0 radical (unpaired) electrons. The second kappa shape index (κ2) is 10.3. The van der Waals surface area contributed by atoms with Crippen LogP contribution in [0.3, 0.4) is 0 Å². The molecule has 0 heterocycles. The van der Waals surface area contributed by atoms with Gasteiger partial charge in [0.2, 0.25) is 0 Å². The van der Waals surface area contributed by atoms with E-state index in [2.05, 4.69) is 107 Å². The Hall–Kier alpha value is -1.56. The zero-order valence-corrected chi connectivity index (χ0v) is 19.3. The van der Waals surface area contributed by atoms with Crippen molar-refractivity contribution < 1.29 is 0 Å². The summed E-state index contributed by atoms with van der Waals surface area (Å²) in [5.41, 5.74) is 12.1. The van der Waals surface area contributed by atoms with E-state index in [1.807, 2.05) is 0 Å². The van der Waals surface area contributed by atoms with Gasteiger partial charge in [0.05, 0.1) is 0 Å². The lowest BCUT2D eigenvalue weighted by Crippen LogP contribution is -2.17. The van der Waals surface area contributed by atoms with Gasteiger partial charge in [0.1, 0.15) is 0 Å². The van der Waals surface area contributed by atoms with Crippen molar-refractivity contribution in [2.45, 2.75) is 109 Å². The van der Waals surface area contributed by atoms with Crippen LogP contribution in [0.4, 0.5) is 0 Å². The van der Waals surface area contributed by atoms with Gasteiger partial charge in [0.25, 0.3) is 0 Å². The minimum Gasteiger partial charge on any atom is -0.0776 e. The highest BCUT2D eigenvalue weighted by Crippen LogP contribution is 2.34. The first kappa shape index (κ1) is 28.6. The van der Waals surface area contributed by atoms with Crippen LogP contribution in [0.5, 0.6) is 0 Å². The van der Waals surface area contributed by atoms with Crippen molar-refractivity contribution in [3.8, 4) is 0 Å². The Morgan fingerprint density at radius 1 is 0.464 bits per heavy atom. The summed E-state index contributed by atoms with van der Waals surface area (Å²) in [7, 11) is 0. The van der Waals surface area contributed by atoms with Gasteiger partial charge < -0.3 is 0 Å². The average Bonchev–Trinajstić information content (AvgIpc) is 2.50. The van der Waals surface area contributed by atoms with E-state index in [1.54, 1.807) is 0 Å². The monoisotopic (exact) mass is 384 g/mol. The van der Waals surface area contributed by atoms with Crippen LogP contribution in [0.1, 0.15) is 101 Å². The fourth-order valence-electron chi connectivity index (χ4n) is 3.68. The number of hydrogen-bond acceptors (Lipinski definition) is 0. The second-order valence-electron chi connectivity index (χ2n) is 9.87. The van der Waals surface area contributed by atoms with Gasteiger partial charge in [-0.25, -0.2) is 0 Å². The molecular formula is C28H48. The molecular weight excluding hydrogens is 336 g/mol. The fraction of sp³-hybridized carbons (Fsp3) is 0.571. The fourth-order valence-corrected chi connectivity index (χ4v) is 3.68. The van der Waals surface area contributed by atoms with Crippen LogP contribution >= 0.6 is 0 Å². The summed E-state index contributed by atoms with van der Waals surface area (Å²) in [6.45, 7) is 27.0. The third-order valence-electron chi connectivity index (χ3n) is 5.67. The highest BCUT2D eigenvalue weighted by Gasteiger charge is 2.22. The molecule has 160 valence electrons. The quantitative estimate of drug-likeness (QED) is 0.425. The third-order valence-corrected chi connectivity index (χ3v) is 5.67. The van der Waals surface area contributed by atoms with E-state index in [9.17, 15) is 0 Å². The van der Waals surface area contributed by atoms with Crippen LogP contribution in [0.25, 0.3) is 0 Å². The van der Waals surface area contributed by atoms with Gasteiger partial charge in [-0.05, 0) is 91.3 Å². The molecule has 0 heteroatoms. The van der Waals surface area contributed by atoms with E-state index < -0.39 is 0 Å². The van der Waals surface area contributed by atoms with Crippen molar-refractivity contribution >= 4 is 0 Å². The number of aryl methyl sites for hydroxylation is 1. The third kappa shape index (κ3) is 6.80. The molecule has 0 amide bonds. The Balaban J connectivity index is 0. The number of hydrogen-bond donors (Lipinski definition) is 0. The topological polar surface area (TPSA) is 0 Å². The van der Waals surface area contributed by atoms with E-state index in [4.69, 9.17) is 0 Å². The average molecular weight is 385 g/mol. The van der Waals surface area contributed by atoms with Crippen molar-refractivity contribution in [3.05, 3.63) is 68.8 Å². The molecule has 0 aliphatic rings. The van der Waals surface area contributed by atoms with Crippen molar-refractivity contribution in [1.82, 2.24) is 0 Å². The molecule has 0 N–H and O–H groups in total. The smallest absolute Gasteiger partial charge is 0.0126 e. The van der Waals surface area contributed by atoms with Gasteiger partial charge in [-0.3, -0.25) is 0 Å². The number of benzene rings is 2. The Labute approximate surface area is 177 Å². The normalized spacial score (nSPS) is 11.0. The van der Waals surface area contributed by atoms with E-state index in [0.717, 1.165) is 0 Å². The summed E-state index contributed by atoms with van der Waals surface area (Å²) in [5.74, 6) is 0. The molecule has 0 saturated heterocycles. The van der Waals surface area contributed by atoms with E-state index in [-0.39, 0.29) is 25.7 Å². The molecule has 0 nitrogen and oxygen atoms in total. The molecule has 0 spiro atoms. The van der Waals surface area contributed by atoms with Gasteiger partial charge in [-0.2, -0.15) is 0 Å². The minimum absolute atomic E-state index is 0. The van der Waals surface area contributed by atoms with Crippen LogP contribution < -0.4 is 0 Å². The van der Waals surface area contributed by atoms with Crippen LogP contribution in [0, 0.1) is 41.5 Å². The lowest BCUT2D eigenvalue weighted by atomic mass is 9.77. The summed E-state index contributed by atoms with van der Waals surface area (Å²) < 4.78 is 0.